The van der Waals surface area contributed by atoms with Gasteiger partial charge in [-0.2, -0.15) is 0 Å². The largest absolute Gasteiger partial charge is 0.354 e. The van der Waals surface area contributed by atoms with Crippen LogP contribution in [0.3, 0.4) is 0 Å². The Bertz CT molecular complexity index is 394. The van der Waals surface area contributed by atoms with Crippen LogP contribution in [0.1, 0.15) is 130 Å². The van der Waals surface area contributed by atoms with Crippen molar-refractivity contribution < 1.29 is 9.59 Å². The van der Waals surface area contributed by atoms with Crippen molar-refractivity contribution in [2.24, 2.45) is 0 Å². The molecule has 0 unspecified atom stereocenters. The first-order chi connectivity index (χ1) is 13.4. The summed E-state index contributed by atoms with van der Waals surface area (Å²) in [5, 5.41) is 5.60. The summed E-state index contributed by atoms with van der Waals surface area (Å²) in [5.41, 5.74) is -0.832. The molecule has 0 atom stereocenters. The maximum absolute atomic E-state index is 12.0. The van der Waals surface area contributed by atoms with Crippen molar-refractivity contribution in [3.8, 4) is 0 Å². The summed E-state index contributed by atoms with van der Waals surface area (Å²) in [6, 6.07) is 0. The minimum absolute atomic E-state index is 0.108. The molecule has 2 amide bonds. The molecule has 0 saturated carbocycles. The molecular weight excluding hydrogens is 348 g/mol. The lowest BCUT2D eigenvalue weighted by Crippen LogP contribution is -2.54. The van der Waals surface area contributed by atoms with Gasteiger partial charge in [0.1, 0.15) is 5.54 Å². The van der Waals surface area contributed by atoms with Crippen LogP contribution in [-0.2, 0) is 9.59 Å². The van der Waals surface area contributed by atoms with Gasteiger partial charge in [-0.3, -0.25) is 9.59 Å². The predicted molar refractivity (Wildman–Crippen MR) is 120 cm³/mol. The first kappa shape index (κ1) is 26.9. The van der Waals surface area contributed by atoms with Crippen molar-refractivity contribution in [3.05, 3.63) is 0 Å². The van der Waals surface area contributed by atoms with Crippen molar-refractivity contribution in [3.63, 3.8) is 0 Å². The molecule has 4 nitrogen and oxygen atoms in total. The maximum atomic E-state index is 12.0. The average Bonchev–Trinajstić information content (AvgIpc) is 2.63. The highest BCUT2D eigenvalue weighted by atomic mass is 16.2. The van der Waals surface area contributed by atoms with Gasteiger partial charge in [0.25, 0.3) is 0 Å². The van der Waals surface area contributed by atoms with Gasteiger partial charge in [-0.1, -0.05) is 103 Å². The molecule has 28 heavy (non-hydrogen) atoms. The van der Waals surface area contributed by atoms with Crippen LogP contribution in [0, 0.1) is 0 Å². The number of hydrogen-bond donors (Lipinski definition) is 2. The van der Waals surface area contributed by atoms with Crippen molar-refractivity contribution >= 4 is 11.8 Å². The van der Waals surface area contributed by atoms with E-state index in [0.717, 1.165) is 6.42 Å². The van der Waals surface area contributed by atoms with E-state index in [1.165, 1.54) is 103 Å². The lowest BCUT2D eigenvalue weighted by molar-refractivity contribution is -0.131. The molecule has 2 N–H and O–H groups in total. The molecule has 0 bridgehead atoms. The highest BCUT2D eigenvalue weighted by Crippen LogP contribution is 2.13. The second-order valence-electron chi connectivity index (χ2n) is 8.87. The number of carbonyl (C=O) groups is 2. The van der Waals surface area contributed by atoms with Crippen LogP contribution in [-0.4, -0.2) is 23.9 Å². The fourth-order valence-corrected chi connectivity index (χ4v) is 3.59. The molecule has 0 fully saturated rings. The van der Waals surface area contributed by atoms with E-state index in [9.17, 15) is 9.59 Å². The van der Waals surface area contributed by atoms with Gasteiger partial charge in [0.2, 0.25) is 11.8 Å². The molecule has 0 rings (SSSR count). The number of nitrogens with one attached hydrogen (secondary N) is 2. The third kappa shape index (κ3) is 17.1. The normalized spacial score (nSPS) is 11.4. The Morgan fingerprint density at radius 2 is 1.00 bits per heavy atom. The van der Waals surface area contributed by atoms with Crippen LogP contribution in [0.4, 0.5) is 0 Å². The number of rotatable bonds is 19. The molecule has 0 saturated heterocycles. The van der Waals surface area contributed by atoms with Gasteiger partial charge in [-0.25, -0.2) is 0 Å². The molecule has 0 aromatic carbocycles. The first-order valence-corrected chi connectivity index (χ1v) is 12.0. The molecular formula is C24H48N2O2. The molecule has 4 heteroatoms. The number of amides is 2. The van der Waals surface area contributed by atoms with Crippen LogP contribution in [0.15, 0.2) is 0 Å². The summed E-state index contributed by atoms with van der Waals surface area (Å²) in [6.07, 6.45) is 21.6. The van der Waals surface area contributed by atoms with Gasteiger partial charge >= 0.3 is 0 Å². The van der Waals surface area contributed by atoms with E-state index in [2.05, 4.69) is 17.6 Å². The third-order valence-electron chi connectivity index (χ3n) is 5.37. The summed E-state index contributed by atoms with van der Waals surface area (Å²) in [6.45, 7) is 7.87. The number of carbonyl (C=O) groups excluding carboxylic acids is 2. The zero-order valence-electron chi connectivity index (χ0n) is 19.3. The minimum atomic E-state index is -0.832. The fraction of sp³-hybridized carbons (Fsp3) is 0.917. The molecule has 0 aliphatic heterocycles. The topological polar surface area (TPSA) is 58.2 Å². The molecule has 0 radical (unpaired) electrons. The van der Waals surface area contributed by atoms with Crippen LogP contribution in [0.5, 0.6) is 0 Å². The average molecular weight is 397 g/mol. The maximum Gasteiger partial charge on any atom is 0.245 e. The van der Waals surface area contributed by atoms with E-state index < -0.39 is 5.54 Å². The van der Waals surface area contributed by atoms with Gasteiger partial charge in [0.05, 0.1) is 0 Å². The van der Waals surface area contributed by atoms with Gasteiger partial charge < -0.3 is 10.6 Å². The Morgan fingerprint density at radius 3 is 1.36 bits per heavy atom. The van der Waals surface area contributed by atoms with Crippen molar-refractivity contribution in [1.82, 2.24) is 10.6 Å². The fourth-order valence-electron chi connectivity index (χ4n) is 3.59. The number of hydrogen-bond acceptors (Lipinski definition) is 2. The third-order valence-corrected chi connectivity index (χ3v) is 5.37. The highest BCUT2D eigenvalue weighted by molar-refractivity contribution is 5.89. The van der Waals surface area contributed by atoms with Crippen LogP contribution in [0.2, 0.25) is 0 Å². The minimum Gasteiger partial charge on any atom is -0.354 e. The van der Waals surface area contributed by atoms with Crippen LogP contribution < -0.4 is 10.6 Å². The molecule has 0 aliphatic rings. The molecule has 166 valence electrons. The monoisotopic (exact) mass is 396 g/mol. The second-order valence-corrected chi connectivity index (χ2v) is 8.87. The van der Waals surface area contributed by atoms with Crippen molar-refractivity contribution in [2.45, 2.75) is 136 Å². The Labute approximate surface area is 175 Å². The quantitative estimate of drug-likeness (QED) is 0.252. The first-order valence-electron chi connectivity index (χ1n) is 12.0. The van der Waals surface area contributed by atoms with Crippen molar-refractivity contribution in [1.29, 1.82) is 0 Å². The SMILES string of the molecule is CCCCCCCCCCCCCCCCCCNC(=O)C(C)(C)NC(C)=O. The Balaban J connectivity index is 3.30. The summed E-state index contributed by atoms with van der Waals surface area (Å²) >= 11 is 0. The van der Waals surface area contributed by atoms with Crippen LogP contribution in [0.25, 0.3) is 0 Å². The summed E-state index contributed by atoms with van der Waals surface area (Å²) < 4.78 is 0. The Hall–Kier alpha value is -1.06. The van der Waals surface area contributed by atoms with Gasteiger partial charge in [-0.15, -0.1) is 0 Å². The Morgan fingerprint density at radius 1 is 0.643 bits per heavy atom. The van der Waals surface area contributed by atoms with Gasteiger partial charge in [-0.05, 0) is 20.3 Å². The highest BCUT2D eigenvalue weighted by Gasteiger charge is 2.27. The van der Waals surface area contributed by atoms with E-state index in [1.54, 1.807) is 13.8 Å². The number of unbranched alkanes of at least 4 members (excludes halogenated alkanes) is 15. The lowest BCUT2D eigenvalue weighted by atomic mass is 10.0. The summed E-state index contributed by atoms with van der Waals surface area (Å²) in [5.74, 6) is -0.286. The van der Waals surface area contributed by atoms with E-state index in [4.69, 9.17) is 0 Å². The molecule has 0 heterocycles. The zero-order chi connectivity index (χ0) is 21.1. The lowest BCUT2D eigenvalue weighted by Gasteiger charge is -2.24. The molecule has 0 aliphatic carbocycles. The second kappa shape index (κ2) is 18.0. The Kier molecular flexibility index (Phi) is 17.3. The zero-order valence-corrected chi connectivity index (χ0v) is 19.3. The summed E-state index contributed by atoms with van der Waals surface area (Å²) in [7, 11) is 0. The van der Waals surface area contributed by atoms with E-state index >= 15 is 0 Å². The van der Waals surface area contributed by atoms with E-state index in [0.29, 0.717) is 6.54 Å². The van der Waals surface area contributed by atoms with Crippen molar-refractivity contribution in [2.75, 3.05) is 6.54 Å². The van der Waals surface area contributed by atoms with E-state index in [1.807, 2.05) is 0 Å². The van der Waals surface area contributed by atoms with Gasteiger partial charge in [0, 0.05) is 13.5 Å². The van der Waals surface area contributed by atoms with Gasteiger partial charge in [0.15, 0.2) is 0 Å². The standard InChI is InChI=1S/C24H48N2O2/c1-5-6-7-8-9-10-11-12-13-14-15-16-17-18-19-20-21-25-23(28)24(3,4)26-22(2)27/h5-21H2,1-4H3,(H,25,28)(H,26,27). The summed E-state index contributed by atoms with van der Waals surface area (Å²) in [4.78, 5) is 23.1. The molecule has 0 aromatic heterocycles. The van der Waals surface area contributed by atoms with E-state index in [-0.39, 0.29) is 11.8 Å². The predicted octanol–water partition coefficient (Wildman–Crippen LogP) is 6.28. The smallest absolute Gasteiger partial charge is 0.245 e. The molecule has 0 aromatic rings. The van der Waals surface area contributed by atoms with Crippen LogP contribution >= 0.6 is 0 Å². The molecule has 0 spiro atoms.